The number of amides is 1. The van der Waals surface area contributed by atoms with Crippen molar-refractivity contribution in [3.8, 4) is 11.3 Å². The van der Waals surface area contributed by atoms with Crippen molar-refractivity contribution in [1.82, 2.24) is 20.1 Å². The molecule has 0 fully saturated rings. The number of nitrogens with zero attached hydrogens (tertiary/aromatic N) is 3. The summed E-state index contributed by atoms with van der Waals surface area (Å²) in [7, 11) is 1.83. The number of carbonyl (C=O) groups excluding carboxylic acids is 1. The van der Waals surface area contributed by atoms with Crippen LogP contribution in [-0.2, 0) is 13.6 Å². The minimum atomic E-state index is -1.05. The molecule has 122 valence electrons. The van der Waals surface area contributed by atoms with Crippen molar-refractivity contribution in [2.75, 3.05) is 0 Å². The zero-order valence-electron chi connectivity index (χ0n) is 12.8. The molecular weight excluding hydrogens is 314 g/mol. The van der Waals surface area contributed by atoms with E-state index in [1.54, 1.807) is 17.1 Å². The monoisotopic (exact) mass is 328 g/mol. The number of benzene rings is 1. The lowest BCUT2D eigenvalue weighted by Crippen LogP contribution is -2.23. The van der Waals surface area contributed by atoms with Gasteiger partial charge in [-0.15, -0.1) is 0 Å². The molecule has 5 nitrogen and oxygen atoms in total. The fraction of sp³-hybridized carbons (Fsp3) is 0.118. The van der Waals surface area contributed by atoms with Crippen molar-refractivity contribution < 1.29 is 13.6 Å². The zero-order valence-corrected chi connectivity index (χ0v) is 12.8. The van der Waals surface area contributed by atoms with Gasteiger partial charge in [-0.25, -0.2) is 8.78 Å². The summed E-state index contributed by atoms with van der Waals surface area (Å²) in [6, 6.07) is 6.69. The maximum atomic E-state index is 13.1. The Morgan fingerprint density at radius 3 is 2.62 bits per heavy atom. The van der Waals surface area contributed by atoms with Gasteiger partial charge in [0.2, 0.25) is 0 Å². The van der Waals surface area contributed by atoms with Gasteiger partial charge in [0.1, 0.15) is 0 Å². The van der Waals surface area contributed by atoms with E-state index in [0.29, 0.717) is 0 Å². The van der Waals surface area contributed by atoms with Crippen LogP contribution in [0.2, 0.25) is 0 Å². The maximum Gasteiger partial charge on any atom is 0.251 e. The van der Waals surface area contributed by atoms with Crippen LogP contribution in [0.25, 0.3) is 11.3 Å². The first-order valence-corrected chi connectivity index (χ1v) is 7.20. The van der Waals surface area contributed by atoms with E-state index in [0.717, 1.165) is 29.0 Å². The van der Waals surface area contributed by atoms with Gasteiger partial charge < -0.3 is 5.32 Å². The Kier molecular flexibility index (Phi) is 4.33. The van der Waals surface area contributed by atoms with Crippen LogP contribution in [0.1, 0.15) is 15.9 Å². The largest absolute Gasteiger partial charge is 0.348 e. The highest BCUT2D eigenvalue weighted by Crippen LogP contribution is 2.15. The quantitative estimate of drug-likeness (QED) is 0.801. The van der Waals surface area contributed by atoms with E-state index in [1.807, 2.05) is 25.4 Å². The molecule has 1 N–H and O–H groups in total. The van der Waals surface area contributed by atoms with Crippen molar-refractivity contribution >= 4 is 5.91 Å². The first-order chi connectivity index (χ1) is 11.5. The molecule has 24 heavy (non-hydrogen) atoms. The average molecular weight is 328 g/mol. The van der Waals surface area contributed by atoms with E-state index in [9.17, 15) is 13.6 Å². The first-order valence-electron chi connectivity index (χ1n) is 7.20. The zero-order chi connectivity index (χ0) is 17.1. The van der Waals surface area contributed by atoms with Crippen LogP contribution in [0, 0.1) is 11.6 Å². The number of aryl methyl sites for hydroxylation is 1. The molecule has 0 bridgehead atoms. The predicted molar refractivity (Wildman–Crippen MR) is 84.0 cm³/mol. The summed E-state index contributed by atoms with van der Waals surface area (Å²) in [6.07, 6.45) is 5.22. The van der Waals surface area contributed by atoms with Gasteiger partial charge in [0, 0.05) is 37.1 Å². The molecule has 3 rings (SSSR count). The standard InChI is InChI=1S/C17H14F2N4O/c1-23-10-13(9-22-23)16-5-2-11(7-20-16)8-21-17(24)12-3-4-14(18)15(19)6-12/h2-7,9-10H,8H2,1H3,(H,21,24). The maximum absolute atomic E-state index is 13.1. The molecule has 3 aromatic rings. The van der Waals surface area contributed by atoms with Gasteiger partial charge in [0.15, 0.2) is 11.6 Å². The van der Waals surface area contributed by atoms with Crippen molar-refractivity contribution in [2.45, 2.75) is 6.54 Å². The number of aromatic nitrogens is 3. The van der Waals surface area contributed by atoms with Gasteiger partial charge in [-0.2, -0.15) is 5.10 Å². The summed E-state index contributed by atoms with van der Waals surface area (Å²) in [5, 5.41) is 6.72. The first kappa shape index (κ1) is 15.8. The lowest BCUT2D eigenvalue weighted by molar-refractivity contribution is 0.0950. The minimum absolute atomic E-state index is 0.0637. The second-order valence-corrected chi connectivity index (χ2v) is 5.27. The van der Waals surface area contributed by atoms with Crippen LogP contribution in [0.4, 0.5) is 8.78 Å². The highest BCUT2D eigenvalue weighted by molar-refractivity contribution is 5.94. The van der Waals surface area contributed by atoms with Gasteiger partial charge in [0.05, 0.1) is 11.9 Å². The van der Waals surface area contributed by atoms with Gasteiger partial charge >= 0.3 is 0 Å². The summed E-state index contributed by atoms with van der Waals surface area (Å²) in [5.41, 5.74) is 2.53. The predicted octanol–water partition coefficient (Wildman–Crippen LogP) is 2.69. The van der Waals surface area contributed by atoms with Crippen LogP contribution in [0.15, 0.2) is 48.9 Å². The van der Waals surface area contributed by atoms with Crippen molar-refractivity contribution in [2.24, 2.45) is 7.05 Å². The van der Waals surface area contributed by atoms with Gasteiger partial charge in [0.25, 0.3) is 5.91 Å². The van der Waals surface area contributed by atoms with E-state index >= 15 is 0 Å². The Labute approximate surface area is 137 Å². The normalized spacial score (nSPS) is 10.6. The molecule has 1 aromatic carbocycles. The van der Waals surface area contributed by atoms with Crippen LogP contribution < -0.4 is 5.32 Å². The summed E-state index contributed by atoms with van der Waals surface area (Å²) < 4.78 is 27.7. The second-order valence-electron chi connectivity index (χ2n) is 5.27. The Balaban J connectivity index is 1.64. The third-order valence-electron chi connectivity index (χ3n) is 3.46. The molecule has 7 heteroatoms. The molecule has 0 saturated heterocycles. The Bertz CT molecular complexity index is 875. The van der Waals surface area contributed by atoms with E-state index in [4.69, 9.17) is 0 Å². The smallest absolute Gasteiger partial charge is 0.251 e. The number of hydrogen-bond donors (Lipinski definition) is 1. The molecule has 0 unspecified atom stereocenters. The molecule has 2 heterocycles. The number of nitrogens with one attached hydrogen (secondary N) is 1. The molecule has 1 amide bonds. The molecular formula is C17H14F2N4O. The fourth-order valence-corrected chi connectivity index (χ4v) is 2.18. The molecule has 0 saturated carbocycles. The topological polar surface area (TPSA) is 59.8 Å². The SMILES string of the molecule is Cn1cc(-c2ccc(CNC(=O)c3ccc(F)c(F)c3)cn2)cn1. The van der Waals surface area contributed by atoms with E-state index in [1.165, 1.54) is 6.07 Å². The van der Waals surface area contributed by atoms with Gasteiger partial charge in [-0.1, -0.05) is 6.07 Å². The third kappa shape index (κ3) is 3.45. The molecule has 0 radical (unpaired) electrons. The number of halogens is 2. The summed E-state index contributed by atoms with van der Waals surface area (Å²) in [6.45, 7) is 0.234. The van der Waals surface area contributed by atoms with Gasteiger partial charge in [-0.05, 0) is 29.8 Å². The van der Waals surface area contributed by atoms with Crippen molar-refractivity contribution in [3.63, 3.8) is 0 Å². The second kappa shape index (κ2) is 6.57. The number of hydrogen-bond acceptors (Lipinski definition) is 3. The number of rotatable bonds is 4. The molecule has 0 aliphatic rings. The number of carbonyl (C=O) groups is 1. The van der Waals surface area contributed by atoms with E-state index < -0.39 is 17.5 Å². The Morgan fingerprint density at radius 1 is 1.17 bits per heavy atom. The summed E-state index contributed by atoms with van der Waals surface area (Å²) in [4.78, 5) is 16.3. The lowest BCUT2D eigenvalue weighted by Gasteiger charge is -2.06. The van der Waals surface area contributed by atoms with Crippen LogP contribution >= 0.6 is 0 Å². The average Bonchev–Trinajstić information content (AvgIpc) is 3.02. The summed E-state index contributed by atoms with van der Waals surface area (Å²) in [5.74, 6) is -2.52. The van der Waals surface area contributed by atoms with Gasteiger partial charge in [-0.3, -0.25) is 14.5 Å². The minimum Gasteiger partial charge on any atom is -0.348 e. The van der Waals surface area contributed by atoms with Crippen LogP contribution in [0.5, 0.6) is 0 Å². The van der Waals surface area contributed by atoms with Crippen molar-refractivity contribution in [3.05, 3.63) is 71.7 Å². The highest BCUT2D eigenvalue weighted by atomic mass is 19.2. The number of pyridine rings is 1. The molecule has 0 aliphatic carbocycles. The Hall–Kier alpha value is -3.09. The summed E-state index contributed by atoms with van der Waals surface area (Å²) >= 11 is 0. The van der Waals surface area contributed by atoms with Crippen molar-refractivity contribution in [1.29, 1.82) is 0 Å². The Morgan fingerprint density at radius 2 is 2.00 bits per heavy atom. The van der Waals surface area contributed by atoms with E-state index in [-0.39, 0.29) is 12.1 Å². The van der Waals surface area contributed by atoms with Crippen LogP contribution in [0.3, 0.4) is 0 Å². The highest BCUT2D eigenvalue weighted by Gasteiger charge is 2.09. The van der Waals surface area contributed by atoms with Crippen LogP contribution in [-0.4, -0.2) is 20.7 Å². The molecule has 0 atom stereocenters. The fourth-order valence-electron chi connectivity index (χ4n) is 2.18. The molecule has 2 aromatic heterocycles. The lowest BCUT2D eigenvalue weighted by atomic mass is 10.2. The third-order valence-corrected chi connectivity index (χ3v) is 3.46. The molecule has 0 aliphatic heterocycles. The van der Waals surface area contributed by atoms with E-state index in [2.05, 4.69) is 15.4 Å². The molecule has 0 spiro atoms.